The van der Waals surface area contributed by atoms with E-state index in [1.54, 1.807) is 36.5 Å². The van der Waals surface area contributed by atoms with Crippen LogP contribution in [0.2, 0.25) is 0 Å². The summed E-state index contributed by atoms with van der Waals surface area (Å²) in [6, 6.07) is 11.7. The molecule has 2 atom stereocenters. The second kappa shape index (κ2) is 8.61. The van der Waals surface area contributed by atoms with Gasteiger partial charge in [-0.1, -0.05) is 6.07 Å². The molecule has 8 heteroatoms. The van der Waals surface area contributed by atoms with Crippen molar-refractivity contribution < 1.29 is 33.2 Å². The number of carboxylic acids is 1. The van der Waals surface area contributed by atoms with Crippen LogP contribution in [0.4, 0.5) is 4.39 Å². The fourth-order valence-electron chi connectivity index (χ4n) is 4.42. The number of benzene rings is 2. The number of hydrogen-bond donors (Lipinski definition) is 1. The average molecular weight is 451 g/mol. The third-order valence-corrected chi connectivity index (χ3v) is 5.95. The molecular formula is C25H22FNO6. The van der Waals surface area contributed by atoms with Gasteiger partial charge >= 0.3 is 5.97 Å². The zero-order valence-corrected chi connectivity index (χ0v) is 17.9. The SMILES string of the molecule is COc1cc(Oc2ccc(F)c3c2CCC3Oc2ccc3c(c2)OCC3CC(=O)O)ccn1. The van der Waals surface area contributed by atoms with Crippen molar-refractivity contribution in [1.29, 1.82) is 0 Å². The summed E-state index contributed by atoms with van der Waals surface area (Å²) < 4.78 is 37.8. The molecule has 1 aromatic heterocycles. The molecule has 0 fully saturated rings. The van der Waals surface area contributed by atoms with E-state index in [9.17, 15) is 9.18 Å². The monoisotopic (exact) mass is 451 g/mol. The smallest absolute Gasteiger partial charge is 0.304 e. The summed E-state index contributed by atoms with van der Waals surface area (Å²) in [5.74, 6) is 1.32. The van der Waals surface area contributed by atoms with E-state index < -0.39 is 12.1 Å². The topological polar surface area (TPSA) is 87.1 Å². The van der Waals surface area contributed by atoms with Crippen LogP contribution in [0.5, 0.6) is 28.9 Å². The molecule has 2 unspecified atom stereocenters. The van der Waals surface area contributed by atoms with Crippen molar-refractivity contribution in [3.8, 4) is 28.9 Å². The minimum absolute atomic E-state index is 0.0144. The van der Waals surface area contributed by atoms with Gasteiger partial charge in [-0.25, -0.2) is 9.37 Å². The molecule has 0 radical (unpaired) electrons. The lowest BCUT2D eigenvalue weighted by Gasteiger charge is -2.17. The van der Waals surface area contributed by atoms with Crippen molar-refractivity contribution >= 4 is 5.97 Å². The number of aromatic nitrogens is 1. The Balaban J connectivity index is 1.37. The van der Waals surface area contributed by atoms with Crippen LogP contribution in [0, 0.1) is 5.82 Å². The Morgan fingerprint density at radius 3 is 2.91 bits per heavy atom. The first-order chi connectivity index (χ1) is 16.0. The number of fused-ring (bicyclic) bond motifs is 2. The van der Waals surface area contributed by atoms with Crippen LogP contribution in [-0.4, -0.2) is 29.8 Å². The number of hydrogen-bond acceptors (Lipinski definition) is 6. The van der Waals surface area contributed by atoms with E-state index in [0.717, 1.165) is 11.1 Å². The number of ether oxygens (including phenoxy) is 4. The van der Waals surface area contributed by atoms with Gasteiger partial charge < -0.3 is 24.1 Å². The molecule has 2 aromatic carbocycles. The van der Waals surface area contributed by atoms with Crippen LogP contribution in [-0.2, 0) is 11.2 Å². The summed E-state index contributed by atoms with van der Waals surface area (Å²) in [7, 11) is 1.53. The Kier molecular flexibility index (Phi) is 5.50. The number of pyridine rings is 1. The summed E-state index contributed by atoms with van der Waals surface area (Å²) in [6.07, 6.45) is 2.34. The van der Waals surface area contributed by atoms with Gasteiger partial charge in [0, 0.05) is 40.9 Å². The molecule has 1 N–H and O–H groups in total. The standard InChI is InChI=1S/C25H22FNO6/c1-30-23-12-16(8-9-27-23)32-20-7-5-19(26)25-18(20)4-6-21(25)33-15-2-3-17-14(10-24(28)29)13-31-22(17)11-15/h2-3,5,7-9,11-12,14,21H,4,6,10,13H2,1H3,(H,28,29). The summed E-state index contributed by atoms with van der Waals surface area (Å²) in [5, 5.41) is 9.07. The maximum absolute atomic E-state index is 14.8. The van der Waals surface area contributed by atoms with E-state index in [-0.39, 0.29) is 18.2 Å². The fraction of sp³-hybridized carbons (Fsp3) is 0.280. The molecule has 2 aliphatic rings. The van der Waals surface area contributed by atoms with E-state index >= 15 is 0 Å². The minimum atomic E-state index is -0.863. The summed E-state index contributed by atoms with van der Waals surface area (Å²) in [4.78, 5) is 15.1. The number of halogens is 1. The van der Waals surface area contributed by atoms with Gasteiger partial charge in [-0.15, -0.1) is 0 Å². The van der Waals surface area contributed by atoms with Gasteiger partial charge in [-0.2, -0.15) is 0 Å². The van der Waals surface area contributed by atoms with Gasteiger partial charge in [0.05, 0.1) is 20.1 Å². The molecule has 0 saturated heterocycles. The maximum atomic E-state index is 14.8. The zero-order chi connectivity index (χ0) is 22.9. The maximum Gasteiger partial charge on any atom is 0.304 e. The Hall–Kier alpha value is -3.81. The number of methoxy groups -OCH3 is 1. The number of aliphatic carboxylic acids is 1. The highest BCUT2D eigenvalue weighted by atomic mass is 19.1. The Morgan fingerprint density at radius 1 is 1.21 bits per heavy atom. The van der Waals surface area contributed by atoms with Crippen molar-refractivity contribution in [3.63, 3.8) is 0 Å². The largest absolute Gasteiger partial charge is 0.492 e. The first-order valence-electron chi connectivity index (χ1n) is 10.7. The lowest BCUT2D eigenvalue weighted by molar-refractivity contribution is -0.137. The molecule has 0 bridgehead atoms. The van der Waals surface area contributed by atoms with Crippen LogP contribution < -0.4 is 18.9 Å². The number of carbonyl (C=O) groups is 1. The third kappa shape index (κ3) is 4.16. The van der Waals surface area contributed by atoms with Crippen LogP contribution in [0.3, 0.4) is 0 Å². The number of carboxylic acid groups (broad SMARTS) is 1. The average Bonchev–Trinajstić information content (AvgIpc) is 3.40. The van der Waals surface area contributed by atoms with Crippen molar-refractivity contribution in [2.45, 2.75) is 31.3 Å². The van der Waals surface area contributed by atoms with Crippen LogP contribution in [0.1, 0.15) is 41.6 Å². The van der Waals surface area contributed by atoms with Crippen molar-refractivity contribution in [3.05, 3.63) is 71.2 Å². The fourth-order valence-corrected chi connectivity index (χ4v) is 4.42. The van der Waals surface area contributed by atoms with E-state index in [1.165, 1.54) is 13.2 Å². The molecule has 5 rings (SSSR count). The lowest BCUT2D eigenvalue weighted by Crippen LogP contribution is -2.07. The first-order valence-corrected chi connectivity index (χ1v) is 10.7. The highest BCUT2D eigenvalue weighted by Gasteiger charge is 2.32. The van der Waals surface area contributed by atoms with E-state index in [1.807, 2.05) is 6.07 Å². The Bertz CT molecular complexity index is 1210. The predicted octanol–water partition coefficient (Wildman–Crippen LogP) is 5.04. The number of nitrogens with zero attached hydrogens (tertiary/aromatic N) is 1. The highest BCUT2D eigenvalue weighted by molar-refractivity contribution is 5.68. The molecule has 1 aliphatic carbocycles. The van der Waals surface area contributed by atoms with Gasteiger partial charge in [0.15, 0.2) is 0 Å². The molecule has 0 amide bonds. The zero-order valence-electron chi connectivity index (χ0n) is 17.9. The normalized spacial score (nSPS) is 18.2. The lowest BCUT2D eigenvalue weighted by atomic mass is 9.98. The van der Waals surface area contributed by atoms with Gasteiger partial charge in [-0.3, -0.25) is 4.79 Å². The molecular weight excluding hydrogens is 429 g/mol. The Morgan fingerprint density at radius 2 is 2.09 bits per heavy atom. The van der Waals surface area contributed by atoms with Gasteiger partial charge in [0.25, 0.3) is 0 Å². The third-order valence-electron chi connectivity index (χ3n) is 5.95. The quantitative estimate of drug-likeness (QED) is 0.539. The molecule has 33 heavy (non-hydrogen) atoms. The molecule has 1 aliphatic heterocycles. The molecule has 3 aromatic rings. The van der Waals surface area contributed by atoms with E-state index in [2.05, 4.69) is 4.98 Å². The Labute approximate surface area is 189 Å². The predicted molar refractivity (Wildman–Crippen MR) is 116 cm³/mol. The van der Waals surface area contributed by atoms with Crippen LogP contribution >= 0.6 is 0 Å². The van der Waals surface area contributed by atoms with Crippen molar-refractivity contribution in [2.24, 2.45) is 0 Å². The van der Waals surface area contributed by atoms with E-state index in [0.29, 0.717) is 53.9 Å². The van der Waals surface area contributed by atoms with Gasteiger partial charge in [0.1, 0.15) is 34.9 Å². The second-order valence-corrected chi connectivity index (χ2v) is 8.02. The highest BCUT2D eigenvalue weighted by Crippen LogP contribution is 2.44. The van der Waals surface area contributed by atoms with Crippen molar-refractivity contribution in [2.75, 3.05) is 13.7 Å². The van der Waals surface area contributed by atoms with Crippen molar-refractivity contribution in [1.82, 2.24) is 4.98 Å². The summed E-state index contributed by atoms with van der Waals surface area (Å²) in [5.41, 5.74) is 2.11. The summed E-state index contributed by atoms with van der Waals surface area (Å²) >= 11 is 0. The first kappa shape index (κ1) is 21.1. The second-order valence-electron chi connectivity index (χ2n) is 8.02. The minimum Gasteiger partial charge on any atom is -0.492 e. The van der Waals surface area contributed by atoms with Gasteiger partial charge in [0.2, 0.25) is 5.88 Å². The molecule has 170 valence electrons. The molecule has 7 nitrogen and oxygen atoms in total. The molecule has 0 spiro atoms. The number of rotatable bonds is 7. The summed E-state index contributed by atoms with van der Waals surface area (Å²) in [6.45, 7) is 0.326. The molecule has 2 heterocycles. The molecule has 0 saturated carbocycles. The van der Waals surface area contributed by atoms with Gasteiger partial charge in [-0.05, 0) is 37.1 Å². The van der Waals surface area contributed by atoms with E-state index in [4.69, 9.17) is 24.1 Å². The van der Waals surface area contributed by atoms with Crippen LogP contribution in [0.25, 0.3) is 0 Å². The van der Waals surface area contributed by atoms with Crippen LogP contribution in [0.15, 0.2) is 48.7 Å².